The van der Waals surface area contributed by atoms with Gasteiger partial charge in [-0.25, -0.2) is 8.78 Å². The van der Waals surface area contributed by atoms with Crippen LogP contribution in [0.4, 0.5) is 8.78 Å². The maximum atomic E-state index is 13.9. The van der Waals surface area contributed by atoms with E-state index in [4.69, 9.17) is 15.2 Å². The minimum Gasteiger partial charge on any atom is -0.496 e. The molecule has 0 spiro atoms. The van der Waals surface area contributed by atoms with Crippen molar-refractivity contribution in [2.45, 2.75) is 6.04 Å². The van der Waals surface area contributed by atoms with Gasteiger partial charge in [0.15, 0.2) is 11.6 Å². The van der Waals surface area contributed by atoms with Gasteiger partial charge in [-0.3, -0.25) is 0 Å². The molecule has 0 fully saturated rings. The van der Waals surface area contributed by atoms with E-state index < -0.39 is 17.7 Å². The lowest BCUT2D eigenvalue weighted by Crippen LogP contribution is -2.16. The molecule has 2 aromatic carbocycles. The monoisotopic (exact) mass is 279 g/mol. The summed E-state index contributed by atoms with van der Waals surface area (Å²) in [5.41, 5.74) is 6.60. The van der Waals surface area contributed by atoms with Gasteiger partial charge in [0, 0.05) is 5.56 Å². The number of ether oxygens (including phenoxy) is 2. The second-order valence-electron chi connectivity index (χ2n) is 4.20. The van der Waals surface area contributed by atoms with Crippen LogP contribution in [-0.2, 0) is 0 Å². The van der Waals surface area contributed by atoms with Gasteiger partial charge >= 0.3 is 0 Å². The van der Waals surface area contributed by atoms with E-state index in [2.05, 4.69) is 0 Å². The smallest absolute Gasteiger partial charge is 0.163 e. The van der Waals surface area contributed by atoms with Crippen LogP contribution < -0.4 is 15.2 Å². The zero-order chi connectivity index (χ0) is 14.7. The van der Waals surface area contributed by atoms with Crippen molar-refractivity contribution < 1.29 is 18.3 Å². The molecule has 3 nitrogen and oxygen atoms in total. The second-order valence-corrected chi connectivity index (χ2v) is 4.20. The van der Waals surface area contributed by atoms with E-state index >= 15 is 0 Å². The summed E-state index contributed by atoms with van der Waals surface area (Å²) >= 11 is 0. The Balaban J connectivity index is 2.58. The molecule has 0 aliphatic rings. The number of hydrogen-bond donors (Lipinski definition) is 1. The highest BCUT2D eigenvalue weighted by Crippen LogP contribution is 2.36. The molecule has 0 amide bonds. The van der Waals surface area contributed by atoms with E-state index in [9.17, 15) is 8.78 Å². The molecule has 1 atom stereocenters. The lowest BCUT2D eigenvalue weighted by atomic mass is 9.97. The van der Waals surface area contributed by atoms with Crippen LogP contribution in [-0.4, -0.2) is 14.2 Å². The molecule has 0 aliphatic heterocycles. The Kier molecular flexibility index (Phi) is 4.20. The molecule has 1 unspecified atom stereocenters. The van der Waals surface area contributed by atoms with Gasteiger partial charge in [-0.2, -0.15) is 0 Å². The molecule has 2 aromatic rings. The zero-order valence-corrected chi connectivity index (χ0v) is 11.2. The highest BCUT2D eigenvalue weighted by atomic mass is 19.2. The predicted molar refractivity (Wildman–Crippen MR) is 71.9 cm³/mol. The van der Waals surface area contributed by atoms with Gasteiger partial charge < -0.3 is 15.2 Å². The molecule has 0 saturated carbocycles. The quantitative estimate of drug-likeness (QED) is 0.935. The highest BCUT2D eigenvalue weighted by molar-refractivity contribution is 5.50. The van der Waals surface area contributed by atoms with E-state index in [-0.39, 0.29) is 5.56 Å². The standard InChI is InChI=1S/C15H15F2NO2/c1-19-11-7-4-8-12(20-2)13(11)15(18)9-5-3-6-10(16)14(9)17/h3-8,15H,18H2,1-2H3. The maximum absolute atomic E-state index is 13.9. The Labute approximate surface area is 115 Å². The van der Waals surface area contributed by atoms with Crippen molar-refractivity contribution in [3.63, 3.8) is 0 Å². The van der Waals surface area contributed by atoms with Crippen LogP contribution in [0.25, 0.3) is 0 Å². The van der Waals surface area contributed by atoms with Gasteiger partial charge in [0.05, 0.1) is 25.8 Å². The van der Waals surface area contributed by atoms with E-state index in [1.54, 1.807) is 18.2 Å². The summed E-state index contributed by atoms with van der Waals surface area (Å²) in [7, 11) is 2.96. The van der Waals surface area contributed by atoms with Crippen LogP contribution >= 0.6 is 0 Å². The van der Waals surface area contributed by atoms with Gasteiger partial charge in [0.25, 0.3) is 0 Å². The Morgan fingerprint density at radius 2 is 1.50 bits per heavy atom. The van der Waals surface area contributed by atoms with Crippen molar-refractivity contribution >= 4 is 0 Å². The van der Waals surface area contributed by atoms with Crippen LogP contribution in [0.15, 0.2) is 36.4 Å². The number of methoxy groups -OCH3 is 2. The third-order valence-corrected chi connectivity index (χ3v) is 3.09. The average Bonchev–Trinajstić information content (AvgIpc) is 2.48. The van der Waals surface area contributed by atoms with Crippen molar-refractivity contribution in [1.82, 2.24) is 0 Å². The molecule has 20 heavy (non-hydrogen) atoms. The lowest BCUT2D eigenvalue weighted by molar-refractivity contribution is 0.381. The molecule has 2 rings (SSSR count). The average molecular weight is 279 g/mol. The summed E-state index contributed by atoms with van der Waals surface area (Å²) in [6.45, 7) is 0. The van der Waals surface area contributed by atoms with Crippen LogP contribution in [0.1, 0.15) is 17.2 Å². The predicted octanol–water partition coefficient (Wildman–Crippen LogP) is 3.03. The first-order chi connectivity index (χ1) is 9.60. The van der Waals surface area contributed by atoms with Crippen molar-refractivity contribution in [3.8, 4) is 11.5 Å². The van der Waals surface area contributed by atoms with E-state index in [1.165, 1.54) is 26.4 Å². The Morgan fingerprint density at radius 3 is 2.05 bits per heavy atom. The fraction of sp³-hybridized carbons (Fsp3) is 0.200. The Hall–Kier alpha value is -2.14. The van der Waals surface area contributed by atoms with Crippen molar-refractivity contribution in [2.24, 2.45) is 5.73 Å². The maximum Gasteiger partial charge on any atom is 0.163 e. The third kappa shape index (κ3) is 2.44. The molecule has 0 saturated heterocycles. The summed E-state index contributed by atoms with van der Waals surface area (Å²) in [6, 6.07) is 8.12. The third-order valence-electron chi connectivity index (χ3n) is 3.09. The van der Waals surface area contributed by atoms with E-state index in [0.29, 0.717) is 17.1 Å². The first kappa shape index (κ1) is 14.3. The van der Waals surface area contributed by atoms with E-state index in [0.717, 1.165) is 6.07 Å². The second kappa shape index (κ2) is 5.88. The molecule has 0 radical (unpaired) electrons. The zero-order valence-electron chi connectivity index (χ0n) is 11.2. The summed E-state index contributed by atoms with van der Waals surface area (Å²) in [6.07, 6.45) is 0. The van der Waals surface area contributed by atoms with E-state index in [1.807, 2.05) is 0 Å². The van der Waals surface area contributed by atoms with Crippen molar-refractivity contribution in [3.05, 3.63) is 59.2 Å². The van der Waals surface area contributed by atoms with Gasteiger partial charge in [-0.1, -0.05) is 18.2 Å². The molecule has 106 valence electrons. The Bertz CT molecular complexity index is 595. The minimum atomic E-state index is -0.965. The molecule has 0 aromatic heterocycles. The van der Waals surface area contributed by atoms with Crippen molar-refractivity contribution in [1.29, 1.82) is 0 Å². The summed E-state index contributed by atoms with van der Waals surface area (Å²) in [5, 5.41) is 0. The number of hydrogen-bond acceptors (Lipinski definition) is 3. The van der Waals surface area contributed by atoms with Crippen LogP contribution in [0, 0.1) is 11.6 Å². The number of rotatable bonds is 4. The van der Waals surface area contributed by atoms with Gasteiger partial charge in [-0.15, -0.1) is 0 Å². The summed E-state index contributed by atoms with van der Waals surface area (Å²) in [5.74, 6) is -0.985. The molecule has 2 N–H and O–H groups in total. The van der Waals surface area contributed by atoms with Crippen LogP contribution in [0.2, 0.25) is 0 Å². The fourth-order valence-corrected chi connectivity index (χ4v) is 2.10. The molecule has 0 heterocycles. The molecular weight excluding hydrogens is 264 g/mol. The fourth-order valence-electron chi connectivity index (χ4n) is 2.10. The number of halogens is 2. The highest BCUT2D eigenvalue weighted by Gasteiger charge is 2.23. The topological polar surface area (TPSA) is 44.5 Å². The number of benzene rings is 2. The normalized spacial score (nSPS) is 12.1. The molecule has 0 aliphatic carbocycles. The minimum absolute atomic E-state index is 0.0489. The summed E-state index contributed by atoms with van der Waals surface area (Å²) in [4.78, 5) is 0. The Morgan fingerprint density at radius 1 is 0.950 bits per heavy atom. The molecule has 0 bridgehead atoms. The van der Waals surface area contributed by atoms with Gasteiger partial charge in [-0.05, 0) is 18.2 Å². The SMILES string of the molecule is COc1cccc(OC)c1C(N)c1cccc(F)c1F. The molecule has 5 heteroatoms. The lowest BCUT2D eigenvalue weighted by Gasteiger charge is -2.19. The van der Waals surface area contributed by atoms with Gasteiger partial charge in [0.1, 0.15) is 11.5 Å². The summed E-state index contributed by atoms with van der Waals surface area (Å²) < 4.78 is 37.6. The van der Waals surface area contributed by atoms with Crippen LogP contribution in [0.3, 0.4) is 0 Å². The first-order valence-corrected chi connectivity index (χ1v) is 6.00. The van der Waals surface area contributed by atoms with Crippen LogP contribution in [0.5, 0.6) is 11.5 Å². The molecular formula is C15H15F2NO2. The largest absolute Gasteiger partial charge is 0.496 e. The van der Waals surface area contributed by atoms with Crippen molar-refractivity contribution in [2.75, 3.05) is 14.2 Å². The van der Waals surface area contributed by atoms with Gasteiger partial charge in [0.2, 0.25) is 0 Å². The first-order valence-electron chi connectivity index (χ1n) is 6.00. The number of nitrogens with two attached hydrogens (primary N) is 1.